The molecule has 0 radical (unpaired) electrons. The van der Waals surface area contributed by atoms with Crippen LogP contribution in [0.15, 0.2) is 41.6 Å². The number of hydrogen-bond acceptors (Lipinski definition) is 5. The van der Waals surface area contributed by atoms with Crippen LogP contribution in [0.4, 0.5) is 4.39 Å². The molecule has 2 aromatic heterocycles. The van der Waals surface area contributed by atoms with Crippen molar-refractivity contribution in [2.24, 2.45) is 5.73 Å². The Morgan fingerprint density at radius 2 is 1.93 bits per heavy atom. The van der Waals surface area contributed by atoms with E-state index in [2.05, 4.69) is 9.97 Å². The molecule has 2 heterocycles. The Balaban J connectivity index is 2.00. The number of amides is 1. The predicted molar refractivity (Wildman–Crippen MR) is 103 cm³/mol. The van der Waals surface area contributed by atoms with E-state index in [9.17, 15) is 17.6 Å². The summed E-state index contributed by atoms with van der Waals surface area (Å²) >= 11 is 0. The highest BCUT2D eigenvalue weighted by atomic mass is 32.2. The predicted octanol–water partition coefficient (Wildman–Crippen LogP) is 2.66. The van der Waals surface area contributed by atoms with Crippen LogP contribution in [-0.4, -0.2) is 30.5 Å². The number of halogens is 1. The van der Waals surface area contributed by atoms with Crippen LogP contribution in [0.3, 0.4) is 0 Å². The number of nitrogens with zero attached hydrogens (tertiary/aromatic N) is 2. The maximum atomic E-state index is 13.7. The largest absolute Gasteiger partial charge is 0.369 e. The number of aryl methyl sites for hydroxylation is 1. The van der Waals surface area contributed by atoms with Gasteiger partial charge < -0.3 is 5.73 Å². The number of pyridine rings is 2. The quantitative estimate of drug-likeness (QED) is 0.726. The van der Waals surface area contributed by atoms with Crippen LogP contribution in [-0.2, 0) is 20.0 Å². The second kappa shape index (κ2) is 6.07. The Kier molecular flexibility index (Phi) is 4.01. The molecule has 1 amide bonds. The van der Waals surface area contributed by atoms with Gasteiger partial charge in [-0.05, 0) is 49.6 Å². The monoisotopic (exact) mass is 399 g/mol. The van der Waals surface area contributed by atoms with E-state index in [-0.39, 0.29) is 5.03 Å². The first-order valence-electron chi connectivity index (χ1n) is 8.70. The molecule has 144 valence electrons. The first kappa shape index (κ1) is 18.5. The molecule has 0 atom stereocenters. The van der Waals surface area contributed by atoms with Gasteiger partial charge in [0, 0.05) is 28.8 Å². The van der Waals surface area contributed by atoms with Gasteiger partial charge in [-0.1, -0.05) is 6.07 Å². The molecular formula is C20H18FN3O3S. The van der Waals surface area contributed by atoms with E-state index in [1.54, 1.807) is 25.1 Å². The molecule has 3 aromatic rings. The third kappa shape index (κ3) is 2.93. The highest BCUT2D eigenvalue weighted by Gasteiger charge is 2.51. The SMILES string of the molecule is Cc1ccc(F)cc1-c1cc2cnc(C3(C(N)=O)CC3)cc2c(S(C)(=O)=O)n1. The maximum absolute atomic E-state index is 13.7. The van der Waals surface area contributed by atoms with E-state index in [0.717, 1.165) is 11.8 Å². The van der Waals surface area contributed by atoms with Gasteiger partial charge in [-0.15, -0.1) is 0 Å². The summed E-state index contributed by atoms with van der Waals surface area (Å²) in [5.74, 6) is -0.908. The van der Waals surface area contributed by atoms with Crippen LogP contribution in [0.25, 0.3) is 22.0 Å². The minimum atomic E-state index is -3.69. The maximum Gasteiger partial charge on any atom is 0.229 e. The molecule has 8 heteroatoms. The molecule has 6 nitrogen and oxygen atoms in total. The molecule has 1 saturated carbocycles. The van der Waals surface area contributed by atoms with Gasteiger partial charge >= 0.3 is 0 Å². The van der Waals surface area contributed by atoms with Gasteiger partial charge in [0.1, 0.15) is 5.82 Å². The summed E-state index contributed by atoms with van der Waals surface area (Å²) in [7, 11) is -3.69. The Bertz CT molecular complexity index is 1250. The normalized spacial score (nSPS) is 15.5. The first-order chi connectivity index (χ1) is 13.1. The Morgan fingerprint density at radius 3 is 2.54 bits per heavy atom. The molecule has 28 heavy (non-hydrogen) atoms. The number of carbonyl (C=O) groups is 1. The van der Waals surface area contributed by atoms with Crippen LogP contribution in [0.2, 0.25) is 0 Å². The van der Waals surface area contributed by atoms with E-state index in [1.807, 2.05) is 0 Å². The molecule has 4 rings (SSSR count). The Hall–Kier alpha value is -2.87. The van der Waals surface area contributed by atoms with Crippen molar-refractivity contribution < 1.29 is 17.6 Å². The second-order valence-corrected chi connectivity index (χ2v) is 9.21. The molecule has 2 N–H and O–H groups in total. The number of fused-ring (bicyclic) bond motifs is 1. The summed E-state index contributed by atoms with van der Waals surface area (Å²) in [6, 6.07) is 7.53. The lowest BCUT2D eigenvalue weighted by molar-refractivity contribution is -0.120. The van der Waals surface area contributed by atoms with Crippen molar-refractivity contribution in [3.63, 3.8) is 0 Å². The number of benzene rings is 1. The second-order valence-electron chi connectivity index (χ2n) is 7.28. The lowest BCUT2D eigenvalue weighted by Gasteiger charge is -2.14. The highest BCUT2D eigenvalue weighted by molar-refractivity contribution is 7.90. The Morgan fingerprint density at radius 1 is 1.21 bits per heavy atom. The fourth-order valence-electron chi connectivity index (χ4n) is 3.42. The van der Waals surface area contributed by atoms with E-state index in [1.165, 1.54) is 18.3 Å². The van der Waals surface area contributed by atoms with Gasteiger partial charge in [-0.3, -0.25) is 9.78 Å². The van der Waals surface area contributed by atoms with Gasteiger partial charge in [0.15, 0.2) is 14.9 Å². The van der Waals surface area contributed by atoms with E-state index >= 15 is 0 Å². The lowest BCUT2D eigenvalue weighted by atomic mass is 9.98. The van der Waals surface area contributed by atoms with Crippen LogP contribution in [0.5, 0.6) is 0 Å². The number of nitrogens with two attached hydrogens (primary N) is 1. The fraction of sp³-hybridized carbons (Fsp3) is 0.250. The number of sulfone groups is 1. The van der Waals surface area contributed by atoms with E-state index < -0.39 is 27.0 Å². The van der Waals surface area contributed by atoms with Gasteiger partial charge in [0.2, 0.25) is 5.91 Å². The smallest absolute Gasteiger partial charge is 0.229 e. The van der Waals surface area contributed by atoms with Gasteiger partial charge in [-0.2, -0.15) is 0 Å². The van der Waals surface area contributed by atoms with Crippen LogP contribution < -0.4 is 5.73 Å². The molecule has 0 spiro atoms. The third-order valence-corrected chi connectivity index (χ3v) is 6.23. The lowest BCUT2D eigenvalue weighted by Crippen LogP contribution is -2.29. The minimum absolute atomic E-state index is 0.132. The Labute approximate surface area is 161 Å². The van der Waals surface area contributed by atoms with Crippen LogP contribution in [0, 0.1) is 12.7 Å². The molecular weight excluding hydrogens is 381 g/mol. The fourth-order valence-corrected chi connectivity index (χ4v) is 4.26. The summed E-state index contributed by atoms with van der Waals surface area (Å²) in [5.41, 5.74) is 6.75. The van der Waals surface area contributed by atoms with Crippen molar-refractivity contribution in [3.05, 3.63) is 53.6 Å². The van der Waals surface area contributed by atoms with Crippen molar-refractivity contribution in [1.82, 2.24) is 9.97 Å². The van der Waals surface area contributed by atoms with E-state index in [4.69, 9.17) is 5.73 Å². The molecule has 0 unspecified atom stereocenters. The van der Waals surface area contributed by atoms with Crippen molar-refractivity contribution in [2.75, 3.05) is 6.26 Å². The summed E-state index contributed by atoms with van der Waals surface area (Å²) in [6.45, 7) is 1.80. The minimum Gasteiger partial charge on any atom is -0.369 e. The number of carbonyl (C=O) groups excluding carboxylic acids is 1. The zero-order valence-electron chi connectivity index (χ0n) is 15.4. The summed E-state index contributed by atoms with van der Waals surface area (Å²) in [5, 5.41) is 0.781. The number of rotatable bonds is 4. The third-order valence-electron chi connectivity index (χ3n) is 5.22. The molecule has 1 aliphatic carbocycles. The molecule has 1 aromatic carbocycles. The van der Waals surface area contributed by atoms with Crippen LogP contribution >= 0.6 is 0 Å². The van der Waals surface area contributed by atoms with Crippen molar-refractivity contribution in [3.8, 4) is 11.3 Å². The van der Waals surface area contributed by atoms with Crippen molar-refractivity contribution in [2.45, 2.75) is 30.2 Å². The molecule has 0 aliphatic heterocycles. The highest BCUT2D eigenvalue weighted by Crippen LogP contribution is 2.47. The van der Waals surface area contributed by atoms with Crippen LogP contribution in [0.1, 0.15) is 24.1 Å². The molecule has 0 saturated heterocycles. The summed E-state index contributed by atoms with van der Waals surface area (Å²) in [6.07, 6.45) is 3.76. The van der Waals surface area contributed by atoms with Gasteiger partial charge in [-0.25, -0.2) is 17.8 Å². The first-order valence-corrected chi connectivity index (χ1v) is 10.6. The molecule has 1 aliphatic rings. The number of aromatic nitrogens is 2. The average molecular weight is 399 g/mol. The van der Waals surface area contributed by atoms with Gasteiger partial charge in [0.05, 0.1) is 16.8 Å². The summed E-state index contributed by atoms with van der Waals surface area (Å²) < 4.78 is 38.6. The molecule has 0 bridgehead atoms. The topological polar surface area (TPSA) is 103 Å². The zero-order valence-corrected chi connectivity index (χ0v) is 16.2. The zero-order chi connectivity index (χ0) is 20.3. The number of primary amides is 1. The average Bonchev–Trinajstić information content (AvgIpc) is 3.43. The summed E-state index contributed by atoms with van der Waals surface area (Å²) in [4.78, 5) is 20.5. The van der Waals surface area contributed by atoms with E-state index in [0.29, 0.717) is 40.6 Å². The molecule has 1 fully saturated rings. The standard InChI is InChI=1S/C20H18FN3O3S/c1-11-3-4-13(21)8-14(11)16-7-12-10-23-17(20(5-6-20)19(22)25)9-15(12)18(24-16)28(2,26)27/h3-4,7-10H,5-6H2,1-2H3,(H2,22,25). The van der Waals surface area contributed by atoms with Crippen molar-refractivity contribution in [1.29, 1.82) is 0 Å². The van der Waals surface area contributed by atoms with Crippen molar-refractivity contribution >= 4 is 26.5 Å². The van der Waals surface area contributed by atoms with Gasteiger partial charge in [0.25, 0.3) is 0 Å². The number of hydrogen-bond donors (Lipinski definition) is 1.